The van der Waals surface area contributed by atoms with Crippen LogP contribution in [0.15, 0.2) is 34.8 Å². The Kier molecular flexibility index (Phi) is 4.15. The summed E-state index contributed by atoms with van der Waals surface area (Å²) in [6.07, 6.45) is 0. The molecule has 2 rings (SSSR count). The number of benzene rings is 2. The molecule has 2 aromatic rings. The van der Waals surface area contributed by atoms with Gasteiger partial charge in [0.2, 0.25) is 0 Å². The van der Waals surface area contributed by atoms with Crippen molar-refractivity contribution in [3.8, 4) is 0 Å². The van der Waals surface area contributed by atoms with Crippen LogP contribution in [0.3, 0.4) is 0 Å². The monoisotopic (exact) mass is 357 g/mol. The number of nitrogens with two attached hydrogens (primary N) is 2. The Morgan fingerprint density at radius 2 is 1.95 bits per heavy atom. The number of carbonyl (C=O) groups is 1. The third-order valence-electron chi connectivity index (χ3n) is 2.60. The van der Waals surface area contributed by atoms with Crippen LogP contribution in [0.2, 0.25) is 5.02 Å². The average molecular weight is 359 g/mol. The number of amides is 1. The van der Waals surface area contributed by atoms with Gasteiger partial charge in [-0.15, -0.1) is 0 Å². The van der Waals surface area contributed by atoms with Gasteiger partial charge in [-0.25, -0.2) is 4.39 Å². The average Bonchev–Trinajstić information content (AvgIpc) is 2.36. The highest BCUT2D eigenvalue weighted by Crippen LogP contribution is 2.31. The minimum atomic E-state index is -0.731. The third kappa shape index (κ3) is 3.02. The lowest BCUT2D eigenvalue weighted by Gasteiger charge is -2.12. The smallest absolute Gasteiger partial charge is 0.250 e. The molecule has 0 aliphatic heterocycles. The first-order chi connectivity index (χ1) is 9.38. The van der Waals surface area contributed by atoms with Crippen molar-refractivity contribution in [3.63, 3.8) is 0 Å². The third-order valence-corrected chi connectivity index (χ3v) is 3.43. The molecule has 0 unspecified atom stereocenters. The summed E-state index contributed by atoms with van der Waals surface area (Å²) in [6, 6.07) is 7.38. The summed E-state index contributed by atoms with van der Waals surface area (Å²) in [7, 11) is 0. The Bertz CT molecular complexity index is 694. The normalized spacial score (nSPS) is 10.3. The molecule has 0 saturated carbocycles. The molecule has 0 heterocycles. The molecule has 1 amide bonds. The van der Waals surface area contributed by atoms with Crippen LogP contribution in [0.4, 0.5) is 21.5 Å². The molecule has 0 fully saturated rings. The van der Waals surface area contributed by atoms with Crippen molar-refractivity contribution in [2.45, 2.75) is 0 Å². The van der Waals surface area contributed by atoms with Crippen molar-refractivity contribution in [1.82, 2.24) is 0 Å². The molecular formula is C13H10BrClFN3O. The van der Waals surface area contributed by atoms with Crippen LogP contribution in [0.25, 0.3) is 0 Å². The highest BCUT2D eigenvalue weighted by Gasteiger charge is 2.13. The van der Waals surface area contributed by atoms with Gasteiger partial charge in [-0.3, -0.25) is 4.79 Å². The molecule has 0 aromatic heterocycles. The van der Waals surface area contributed by atoms with Crippen LogP contribution >= 0.6 is 27.5 Å². The predicted octanol–water partition coefficient (Wildman–Crippen LogP) is 3.67. The van der Waals surface area contributed by atoms with Gasteiger partial charge in [-0.2, -0.15) is 0 Å². The first-order valence-electron chi connectivity index (χ1n) is 5.49. The second-order valence-corrected chi connectivity index (χ2v) is 5.36. The lowest BCUT2D eigenvalue weighted by Crippen LogP contribution is -2.14. The summed E-state index contributed by atoms with van der Waals surface area (Å²) in [6.45, 7) is 0. The fraction of sp³-hybridized carbons (Fsp3) is 0. The van der Waals surface area contributed by atoms with Crippen molar-refractivity contribution in [2.75, 3.05) is 11.1 Å². The Morgan fingerprint density at radius 3 is 2.60 bits per heavy atom. The molecule has 0 atom stereocenters. The Morgan fingerprint density at radius 1 is 1.25 bits per heavy atom. The van der Waals surface area contributed by atoms with Gasteiger partial charge in [0, 0.05) is 10.2 Å². The Balaban J connectivity index is 2.45. The van der Waals surface area contributed by atoms with E-state index in [1.165, 1.54) is 6.07 Å². The minimum Gasteiger partial charge on any atom is -0.398 e. The molecule has 20 heavy (non-hydrogen) atoms. The topological polar surface area (TPSA) is 81.1 Å². The number of anilines is 3. The summed E-state index contributed by atoms with van der Waals surface area (Å²) in [5.41, 5.74) is 11.3. The number of hydrogen-bond donors (Lipinski definition) is 3. The van der Waals surface area contributed by atoms with E-state index in [4.69, 9.17) is 23.1 Å². The van der Waals surface area contributed by atoms with Crippen LogP contribution < -0.4 is 16.8 Å². The van der Waals surface area contributed by atoms with Crippen LogP contribution in [-0.4, -0.2) is 5.91 Å². The molecule has 0 radical (unpaired) electrons. The van der Waals surface area contributed by atoms with Crippen molar-refractivity contribution in [2.24, 2.45) is 5.73 Å². The van der Waals surface area contributed by atoms with E-state index in [9.17, 15) is 9.18 Å². The zero-order chi connectivity index (χ0) is 14.9. The van der Waals surface area contributed by atoms with E-state index in [0.29, 0.717) is 10.7 Å². The molecular weight excluding hydrogens is 349 g/mol. The predicted molar refractivity (Wildman–Crippen MR) is 81.8 cm³/mol. The quantitative estimate of drug-likeness (QED) is 0.732. The fourth-order valence-corrected chi connectivity index (χ4v) is 2.16. The maximum Gasteiger partial charge on any atom is 0.250 e. The van der Waals surface area contributed by atoms with Gasteiger partial charge < -0.3 is 16.8 Å². The van der Waals surface area contributed by atoms with E-state index >= 15 is 0 Å². The number of carbonyl (C=O) groups excluding carboxylic acids is 1. The van der Waals surface area contributed by atoms with E-state index in [2.05, 4.69) is 21.2 Å². The van der Waals surface area contributed by atoms with Gasteiger partial charge in [0.1, 0.15) is 5.82 Å². The van der Waals surface area contributed by atoms with Crippen molar-refractivity contribution in [3.05, 3.63) is 51.2 Å². The summed E-state index contributed by atoms with van der Waals surface area (Å²) < 4.78 is 14.6. The molecule has 5 N–H and O–H groups in total. The van der Waals surface area contributed by atoms with Crippen molar-refractivity contribution >= 4 is 50.5 Å². The number of nitrogens with one attached hydrogen (secondary N) is 1. The molecule has 0 spiro atoms. The summed E-state index contributed by atoms with van der Waals surface area (Å²) >= 11 is 9.30. The van der Waals surface area contributed by atoms with Gasteiger partial charge in [0.25, 0.3) is 5.91 Å². The molecule has 0 bridgehead atoms. The number of halogens is 3. The van der Waals surface area contributed by atoms with E-state index in [0.717, 1.165) is 10.5 Å². The first kappa shape index (κ1) is 14.6. The van der Waals surface area contributed by atoms with E-state index in [-0.39, 0.29) is 16.9 Å². The zero-order valence-electron chi connectivity index (χ0n) is 10.1. The fourth-order valence-electron chi connectivity index (χ4n) is 1.64. The molecule has 104 valence electrons. The van der Waals surface area contributed by atoms with E-state index in [1.807, 2.05) is 0 Å². The van der Waals surface area contributed by atoms with Crippen LogP contribution in [0.5, 0.6) is 0 Å². The maximum absolute atomic E-state index is 13.9. The molecule has 0 saturated heterocycles. The SMILES string of the molecule is NC(=O)c1cc(Nc2cc(Br)ccc2Cl)c(F)cc1N. The van der Waals surface area contributed by atoms with Crippen LogP contribution in [0.1, 0.15) is 10.4 Å². The molecule has 7 heteroatoms. The van der Waals surface area contributed by atoms with Gasteiger partial charge in [0.05, 0.1) is 22.0 Å². The zero-order valence-corrected chi connectivity index (χ0v) is 12.4. The summed E-state index contributed by atoms with van der Waals surface area (Å²) in [5, 5.41) is 3.21. The van der Waals surface area contributed by atoms with Crippen LogP contribution in [0, 0.1) is 5.82 Å². The molecule has 2 aromatic carbocycles. The van der Waals surface area contributed by atoms with Crippen molar-refractivity contribution in [1.29, 1.82) is 0 Å². The second kappa shape index (κ2) is 5.68. The minimum absolute atomic E-state index is 0.0131. The lowest BCUT2D eigenvalue weighted by atomic mass is 10.1. The highest BCUT2D eigenvalue weighted by molar-refractivity contribution is 9.10. The first-order valence-corrected chi connectivity index (χ1v) is 6.66. The number of primary amides is 1. The van der Waals surface area contributed by atoms with Gasteiger partial charge in [-0.1, -0.05) is 27.5 Å². The van der Waals surface area contributed by atoms with Gasteiger partial charge in [-0.05, 0) is 30.3 Å². The maximum atomic E-state index is 13.9. The van der Waals surface area contributed by atoms with Gasteiger partial charge in [0.15, 0.2) is 0 Å². The van der Waals surface area contributed by atoms with Gasteiger partial charge >= 0.3 is 0 Å². The lowest BCUT2D eigenvalue weighted by molar-refractivity contribution is 0.100. The number of hydrogen-bond acceptors (Lipinski definition) is 3. The van der Waals surface area contributed by atoms with Crippen molar-refractivity contribution < 1.29 is 9.18 Å². The van der Waals surface area contributed by atoms with Crippen LogP contribution in [-0.2, 0) is 0 Å². The van der Waals surface area contributed by atoms with E-state index < -0.39 is 11.7 Å². The summed E-state index contributed by atoms with van der Waals surface area (Å²) in [5.74, 6) is -1.34. The number of rotatable bonds is 3. The summed E-state index contributed by atoms with van der Waals surface area (Å²) in [4.78, 5) is 11.2. The molecule has 0 aliphatic carbocycles. The Hall–Kier alpha value is -1.79. The highest BCUT2D eigenvalue weighted by atomic mass is 79.9. The molecule has 4 nitrogen and oxygen atoms in total. The standard InChI is InChI=1S/C13H10BrClFN3O/c14-6-1-2-8(15)11(3-6)19-12-4-7(13(18)20)10(17)5-9(12)16/h1-5,19H,17H2,(H2,18,20). The number of nitrogen functional groups attached to an aromatic ring is 1. The Labute approximate surface area is 128 Å². The second-order valence-electron chi connectivity index (χ2n) is 4.03. The largest absolute Gasteiger partial charge is 0.398 e. The molecule has 0 aliphatic rings. The van der Waals surface area contributed by atoms with E-state index in [1.54, 1.807) is 18.2 Å².